The van der Waals surface area contributed by atoms with E-state index in [1.54, 1.807) is 26.1 Å². The number of carbonyl (C=O) groups excluding carboxylic acids is 2. The van der Waals surface area contributed by atoms with E-state index in [4.69, 9.17) is 11.6 Å². The molecule has 2 heterocycles. The summed E-state index contributed by atoms with van der Waals surface area (Å²) in [7, 11) is 1.49. The highest BCUT2D eigenvalue weighted by atomic mass is 35.5. The standard InChI is InChI=1S/C23H28ClFN4O4S2/c1-15(20-7-8-21(24)34-20)14-35(32,33)26-18-9-10-29(23(18)31)19-6-5-16(13-17(19)25)22(30)28(4)12-11-27(2)3/h5-8,13-14,18,26H,9-12H2,1-4H3/b15-14+. The van der Waals surface area contributed by atoms with Gasteiger partial charge in [-0.2, -0.15) is 4.72 Å². The van der Waals surface area contributed by atoms with E-state index in [-0.39, 0.29) is 30.1 Å². The summed E-state index contributed by atoms with van der Waals surface area (Å²) in [6.45, 7) is 2.93. The maximum atomic E-state index is 14.9. The van der Waals surface area contributed by atoms with E-state index in [0.29, 0.717) is 27.9 Å². The number of allylic oxidation sites excluding steroid dienone is 1. The van der Waals surface area contributed by atoms with Gasteiger partial charge < -0.3 is 14.7 Å². The van der Waals surface area contributed by atoms with Crippen LogP contribution in [0.1, 0.15) is 28.6 Å². The molecule has 2 aromatic rings. The second-order valence-electron chi connectivity index (χ2n) is 8.59. The molecule has 190 valence electrons. The lowest BCUT2D eigenvalue weighted by Crippen LogP contribution is -2.41. The van der Waals surface area contributed by atoms with Crippen molar-refractivity contribution < 1.29 is 22.4 Å². The van der Waals surface area contributed by atoms with Crippen molar-refractivity contribution in [2.24, 2.45) is 0 Å². The molecule has 2 amide bonds. The van der Waals surface area contributed by atoms with Crippen LogP contribution in [0.2, 0.25) is 4.34 Å². The molecule has 0 bridgehead atoms. The average Bonchev–Trinajstić information content (AvgIpc) is 3.37. The molecule has 0 spiro atoms. The number of hydrogen-bond donors (Lipinski definition) is 1. The van der Waals surface area contributed by atoms with Gasteiger partial charge in [-0.3, -0.25) is 9.59 Å². The van der Waals surface area contributed by atoms with Crippen molar-refractivity contribution in [2.45, 2.75) is 19.4 Å². The predicted octanol–water partition coefficient (Wildman–Crippen LogP) is 3.26. The Morgan fingerprint density at radius 1 is 1.26 bits per heavy atom. The van der Waals surface area contributed by atoms with Gasteiger partial charge >= 0.3 is 0 Å². The zero-order chi connectivity index (χ0) is 25.9. The fourth-order valence-corrected chi connectivity index (χ4v) is 5.97. The van der Waals surface area contributed by atoms with Crippen molar-refractivity contribution in [3.8, 4) is 0 Å². The molecule has 1 aliphatic rings. The Labute approximate surface area is 214 Å². The van der Waals surface area contributed by atoms with Crippen LogP contribution in [0.5, 0.6) is 0 Å². The van der Waals surface area contributed by atoms with E-state index in [0.717, 1.165) is 11.5 Å². The van der Waals surface area contributed by atoms with Crippen LogP contribution in [0, 0.1) is 5.82 Å². The molecular formula is C23H28ClFN4O4S2. The molecule has 0 saturated carbocycles. The van der Waals surface area contributed by atoms with E-state index in [1.165, 1.54) is 33.3 Å². The van der Waals surface area contributed by atoms with E-state index < -0.39 is 27.8 Å². The van der Waals surface area contributed by atoms with Gasteiger partial charge in [0.1, 0.15) is 11.9 Å². The van der Waals surface area contributed by atoms with Crippen LogP contribution in [0.4, 0.5) is 10.1 Å². The number of hydrogen-bond acceptors (Lipinski definition) is 6. The Hall–Kier alpha value is -2.31. The molecule has 0 aliphatic carbocycles. The second-order valence-corrected chi connectivity index (χ2v) is 11.9. The number of rotatable bonds is 9. The minimum absolute atomic E-state index is 0.00384. The van der Waals surface area contributed by atoms with Crippen molar-refractivity contribution in [3.63, 3.8) is 0 Å². The van der Waals surface area contributed by atoms with Crippen molar-refractivity contribution in [1.82, 2.24) is 14.5 Å². The molecule has 1 aliphatic heterocycles. The summed E-state index contributed by atoms with van der Waals surface area (Å²) in [5.74, 6) is -1.61. The number of nitrogens with one attached hydrogen (secondary N) is 1. The van der Waals surface area contributed by atoms with Crippen LogP contribution in [-0.4, -0.2) is 76.9 Å². The summed E-state index contributed by atoms with van der Waals surface area (Å²) < 4.78 is 43.0. The summed E-state index contributed by atoms with van der Waals surface area (Å²) in [4.78, 5) is 30.8. The Morgan fingerprint density at radius 2 is 1.97 bits per heavy atom. The lowest BCUT2D eigenvalue weighted by Gasteiger charge is -2.21. The summed E-state index contributed by atoms with van der Waals surface area (Å²) in [6.07, 6.45) is 0.184. The van der Waals surface area contributed by atoms with Gasteiger partial charge in [-0.1, -0.05) is 11.6 Å². The van der Waals surface area contributed by atoms with Gasteiger partial charge in [0.25, 0.3) is 5.91 Å². The Morgan fingerprint density at radius 3 is 2.57 bits per heavy atom. The highest BCUT2D eigenvalue weighted by Gasteiger charge is 2.36. The van der Waals surface area contributed by atoms with Crippen LogP contribution >= 0.6 is 22.9 Å². The zero-order valence-corrected chi connectivity index (χ0v) is 22.3. The van der Waals surface area contributed by atoms with Gasteiger partial charge in [-0.25, -0.2) is 12.8 Å². The number of amides is 2. The third-order valence-corrected chi connectivity index (χ3v) is 8.16. The highest BCUT2D eigenvalue weighted by Crippen LogP contribution is 2.29. The Kier molecular flexibility index (Phi) is 8.71. The van der Waals surface area contributed by atoms with Gasteiger partial charge in [0.2, 0.25) is 15.9 Å². The van der Waals surface area contributed by atoms with Crippen LogP contribution < -0.4 is 9.62 Å². The molecule has 1 aromatic heterocycles. The van der Waals surface area contributed by atoms with Gasteiger partial charge in [0.15, 0.2) is 0 Å². The zero-order valence-electron chi connectivity index (χ0n) is 19.9. The number of halogens is 2. The monoisotopic (exact) mass is 542 g/mol. The lowest BCUT2D eigenvalue weighted by molar-refractivity contribution is -0.118. The summed E-state index contributed by atoms with van der Waals surface area (Å²) in [5.41, 5.74) is 0.661. The third kappa shape index (κ3) is 6.89. The fourth-order valence-electron chi connectivity index (χ4n) is 3.61. The quantitative estimate of drug-likeness (QED) is 0.525. The molecule has 1 fully saturated rings. The molecule has 3 rings (SSSR count). The lowest BCUT2D eigenvalue weighted by atomic mass is 10.1. The maximum absolute atomic E-state index is 14.9. The molecular weight excluding hydrogens is 515 g/mol. The first kappa shape index (κ1) is 27.3. The van der Waals surface area contributed by atoms with E-state index in [2.05, 4.69) is 4.72 Å². The van der Waals surface area contributed by atoms with Crippen LogP contribution in [0.15, 0.2) is 35.7 Å². The van der Waals surface area contributed by atoms with E-state index in [1.807, 2.05) is 19.0 Å². The number of carbonyl (C=O) groups is 2. The molecule has 1 atom stereocenters. The van der Waals surface area contributed by atoms with Crippen LogP contribution in [-0.2, 0) is 14.8 Å². The summed E-state index contributed by atoms with van der Waals surface area (Å²) in [5, 5.41) is 1.05. The number of nitrogens with zero attached hydrogens (tertiary/aromatic N) is 3. The van der Waals surface area contributed by atoms with Gasteiger partial charge in [-0.05, 0) is 63.3 Å². The minimum atomic E-state index is -3.93. The normalized spacial score (nSPS) is 16.9. The minimum Gasteiger partial charge on any atom is -0.340 e. The van der Waals surface area contributed by atoms with Crippen molar-refractivity contribution in [3.05, 3.63) is 56.3 Å². The molecule has 1 saturated heterocycles. The van der Waals surface area contributed by atoms with Gasteiger partial charge in [0, 0.05) is 37.1 Å². The van der Waals surface area contributed by atoms with Crippen molar-refractivity contribution in [2.75, 3.05) is 45.7 Å². The molecule has 1 unspecified atom stereocenters. The maximum Gasteiger partial charge on any atom is 0.253 e. The topological polar surface area (TPSA) is 90.0 Å². The molecule has 8 nitrogen and oxygen atoms in total. The van der Waals surface area contributed by atoms with Crippen LogP contribution in [0.3, 0.4) is 0 Å². The largest absolute Gasteiger partial charge is 0.340 e. The Balaban J connectivity index is 1.69. The van der Waals surface area contributed by atoms with Crippen LogP contribution in [0.25, 0.3) is 5.57 Å². The summed E-state index contributed by atoms with van der Waals surface area (Å²) >= 11 is 7.16. The number of anilines is 1. The van der Waals surface area contributed by atoms with Gasteiger partial charge in [0.05, 0.1) is 15.4 Å². The number of likely N-dealkylation sites (N-methyl/N-ethyl adjacent to an activating group) is 2. The third-order valence-electron chi connectivity index (χ3n) is 5.52. The fraction of sp³-hybridized carbons (Fsp3) is 0.391. The first-order chi connectivity index (χ1) is 16.4. The predicted molar refractivity (Wildman–Crippen MR) is 138 cm³/mol. The number of benzene rings is 1. The molecule has 1 aromatic carbocycles. The summed E-state index contributed by atoms with van der Waals surface area (Å²) in [6, 6.07) is 6.32. The smallest absolute Gasteiger partial charge is 0.253 e. The Bertz CT molecular complexity index is 1250. The first-order valence-electron chi connectivity index (χ1n) is 10.9. The average molecular weight is 543 g/mol. The van der Waals surface area contributed by atoms with E-state index in [9.17, 15) is 22.4 Å². The second kappa shape index (κ2) is 11.2. The SMILES string of the molecule is C/C(=C\S(=O)(=O)NC1CCN(c2ccc(C(=O)N(C)CCN(C)C)cc2F)C1=O)c1ccc(Cl)s1. The highest BCUT2D eigenvalue weighted by molar-refractivity contribution is 7.92. The molecule has 0 radical (unpaired) electrons. The molecule has 35 heavy (non-hydrogen) atoms. The van der Waals surface area contributed by atoms with E-state index >= 15 is 0 Å². The first-order valence-corrected chi connectivity index (χ1v) is 13.6. The number of thiophene rings is 1. The van der Waals surface area contributed by atoms with Crippen molar-refractivity contribution in [1.29, 1.82) is 0 Å². The number of sulfonamides is 1. The molecule has 1 N–H and O–H groups in total. The molecule has 12 heteroatoms. The van der Waals surface area contributed by atoms with Crippen molar-refractivity contribution >= 4 is 56.0 Å². The van der Waals surface area contributed by atoms with Gasteiger partial charge in [-0.15, -0.1) is 11.3 Å².